The summed E-state index contributed by atoms with van der Waals surface area (Å²) >= 11 is 1.84. The van der Waals surface area contributed by atoms with E-state index in [1.54, 1.807) is 0 Å². The van der Waals surface area contributed by atoms with E-state index in [4.69, 9.17) is 4.74 Å². The smallest absolute Gasteiger partial charge is 0.0953 e. The minimum Gasteiger partial charge on any atom is -0.378 e. The number of thiazole rings is 1. The Kier molecular flexibility index (Phi) is 4.95. The van der Waals surface area contributed by atoms with Gasteiger partial charge in [0.25, 0.3) is 0 Å². The second kappa shape index (κ2) is 6.47. The number of rotatable bonds is 5. The molecule has 96 valence electrons. The van der Waals surface area contributed by atoms with Crippen LogP contribution < -0.4 is 5.32 Å². The Morgan fingerprint density at radius 1 is 1.59 bits per heavy atom. The fourth-order valence-corrected chi connectivity index (χ4v) is 3.22. The Bertz CT molecular complexity index is 334. The largest absolute Gasteiger partial charge is 0.378 e. The third-order valence-electron chi connectivity index (χ3n) is 3.28. The van der Waals surface area contributed by atoms with Gasteiger partial charge in [-0.05, 0) is 39.7 Å². The highest BCUT2D eigenvalue weighted by Crippen LogP contribution is 2.21. The van der Waals surface area contributed by atoms with Gasteiger partial charge in [-0.15, -0.1) is 11.3 Å². The maximum atomic E-state index is 5.75. The predicted molar refractivity (Wildman–Crippen MR) is 71.6 cm³/mol. The van der Waals surface area contributed by atoms with Gasteiger partial charge in [-0.2, -0.15) is 0 Å². The number of nitrogens with zero attached hydrogens (tertiary/aromatic N) is 1. The molecule has 1 aromatic rings. The van der Waals surface area contributed by atoms with E-state index in [-0.39, 0.29) is 0 Å². The Balaban J connectivity index is 1.84. The van der Waals surface area contributed by atoms with Crippen molar-refractivity contribution in [3.05, 3.63) is 16.1 Å². The second-order valence-electron chi connectivity index (χ2n) is 4.81. The third kappa shape index (κ3) is 4.05. The molecule has 2 atom stereocenters. The first kappa shape index (κ1) is 13.0. The van der Waals surface area contributed by atoms with Gasteiger partial charge in [0.2, 0.25) is 0 Å². The molecular weight excluding hydrogens is 232 g/mol. The molecule has 4 heteroatoms. The van der Waals surface area contributed by atoms with Crippen molar-refractivity contribution in [1.82, 2.24) is 10.3 Å². The summed E-state index contributed by atoms with van der Waals surface area (Å²) in [6.07, 6.45) is 8.22. The van der Waals surface area contributed by atoms with Crippen LogP contribution in [0.3, 0.4) is 0 Å². The standard InChI is InChI=1S/C13H22N2OS/c1-10(14-2)7-12-9-15-13(17-12)8-11-5-3-4-6-16-11/h9-11,14H,3-8H2,1-2H3. The lowest BCUT2D eigenvalue weighted by atomic mass is 10.1. The van der Waals surface area contributed by atoms with Crippen molar-refractivity contribution in [2.75, 3.05) is 13.7 Å². The minimum atomic E-state index is 0.407. The van der Waals surface area contributed by atoms with Gasteiger partial charge in [-0.3, -0.25) is 0 Å². The van der Waals surface area contributed by atoms with E-state index in [1.807, 2.05) is 24.6 Å². The summed E-state index contributed by atoms with van der Waals surface area (Å²) in [5.41, 5.74) is 0. The Morgan fingerprint density at radius 2 is 2.47 bits per heavy atom. The molecule has 1 fully saturated rings. The van der Waals surface area contributed by atoms with Crippen LogP contribution in [0.4, 0.5) is 0 Å². The van der Waals surface area contributed by atoms with Crippen LogP contribution in [0.25, 0.3) is 0 Å². The highest BCUT2D eigenvalue weighted by Gasteiger charge is 2.16. The zero-order valence-electron chi connectivity index (χ0n) is 10.7. The van der Waals surface area contributed by atoms with Crippen molar-refractivity contribution >= 4 is 11.3 Å². The molecule has 2 unspecified atom stereocenters. The number of ether oxygens (including phenoxy) is 1. The van der Waals surface area contributed by atoms with Crippen molar-refractivity contribution < 1.29 is 4.74 Å². The van der Waals surface area contributed by atoms with Crippen LogP contribution in [-0.2, 0) is 17.6 Å². The summed E-state index contributed by atoms with van der Waals surface area (Å²) in [5, 5.41) is 4.49. The molecule has 1 aliphatic heterocycles. The van der Waals surface area contributed by atoms with Crippen molar-refractivity contribution in [3.63, 3.8) is 0 Å². The molecule has 3 nitrogen and oxygen atoms in total. The lowest BCUT2D eigenvalue weighted by Crippen LogP contribution is -2.23. The predicted octanol–water partition coefficient (Wildman–Crippen LogP) is 2.41. The van der Waals surface area contributed by atoms with Crippen molar-refractivity contribution in [3.8, 4) is 0 Å². The molecule has 0 aliphatic carbocycles. The number of hydrogen-bond donors (Lipinski definition) is 1. The van der Waals surface area contributed by atoms with E-state index in [0.29, 0.717) is 12.1 Å². The average Bonchev–Trinajstić information content (AvgIpc) is 2.77. The highest BCUT2D eigenvalue weighted by molar-refractivity contribution is 7.11. The monoisotopic (exact) mass is 254 g/mol. The van der Waals surface area contributed by atoms with Crippen LogP contribution in [0.2, 0.25) is 0 Å². The van der Waals surface area contributed by atoms with Gasteiger partial charge >= 0.3 is 0 Å². The summed E-state index contributed by atoms with van der Waals surface area (Å²) in [6.45, 7) is 3.13. The van der Waals surface area contributed by atoms with E-state index in [9.17, 15) is 0 Å². The first-order valence-corrected chi connectivity index (χ1v) is 7.32. The van der Waals surface area contributed by atoms with Crippen molar-refractivity contribution in [2.45, 2.75) is 51.2 Å². The van der Waals surface area contributed by atoms with E-state index >= 15 is 0 Å². The Labute approximate surface area is 108 Å². The van der Waals surface area contributed by atoms with Gasteiger partial charge in [-0.25, -0.2) is 4.98 Å². The molecule has 2 heterocycles. The zero-order valence-corrected chi connectivity index (χ0v) is 11.6. The molecule has 0 aromatic carbocycles. The number of hydrogen-bond acceptors (Lipinski definition) is 4. The summed E-state index contributed by atoms with van der Waals surface area (Å²) < 4.78 is 5.75. The van der Waals surface area contributed by atoms with Crippen LogP contribution in [0, 0.1) is 0 Å². The first-order valence-electron chi connectivity index (χ1n) is 6.50. The van der Waals surface area contributed by atoms with Gasteiger partial charge in [0.1, 0.15) is 0 Å². The second-order valence-corrected chi connectivity index (χ2v) is 6.01. The normalized spacial score (nSPS) is 22.6. The lowest BCUT2D eigenvalue weighted by molar-refractivity contribution is 0.0168. The molecule has 2 rings (SSSR count). The number of nitrogens with one attached hydrogen (secondary N) is 1. The van der Waals surface area contributed by atoms with Gasteiger partial charge in [0.05, 0.1) is 11.1 Å². The summed E-state index contributed by atoms with van der Waals surface area (Å²) in [6, 6.07) is 0.522. The molecule has 1 aliphatic rings. The van der Waals surface area contributed by atoms with E-state index in [0.717, 1.165) is 19.4 Å². The summed E-state index contributed by atoms with van der Waals surface area (Å²) in [7, 11) is 2.00. The quantitative estimate of drug-likeness (QED) is 0.876. The maximum Gasteiger partial charge on any atom is 0.0953 e. The van der Waals surface area contributed by atoms with Crippen LogP contribution in [0.1, 0.15) is 36.1 Å². The number of aromatic nitrogens is 1. The van der Waals surface area contributed by atoms with E-state index in [2.05, 4.69) is 17.2 Å². The SMILES string of the molecule is CNC(C)Cc1cnc(CC2CCCCO2)s1. The minimum absolute atomic E-state index is 0.407. The van der Waals surface area contributed by atoms with Crippen LogP contribution in [-0.4, -0.2) is 30.8 Å². The summed E-state index contributed by atoms with van der Waals surface area (Å²) in [5.74, 6) is 0. The molecule has 0 amide bonds. The van der Waals surface area contributed by atoms with Crippen LogP contribution in [0.15, 0.2) is 6.20 Å². The molecule has 0 saturated carbocycles. The fourth-order valence-electron chi connectivity index (χ4n) is 2.10. The molecular formula is C13H22N2OS. The lowest BCUT2D eigenvalue weighted by Gasteiger charge is -2.21. The van der Waals surface area contributed by atoms with Gasteiger partial charge < -0.3 is 10.1 Å². The van der Waals surface area contributed by atoms with E-state index < -0.39 is 0 Å². The van der Waals surface area contributed by atoms with Gasteiger partial charge in [-0.1, -0.05) is 0 Å². The number of likely N-dealkylation sites (N-methyl/N-ethyl adjacent to an activating group) is 1. The molecule has 17 heavy (non-hydrogen) atoms. The molecule has 0 spiro atoms. The summed E-state index contributed by atoms with van der Waals surface area (Å²) in [4.78, 5) is 5.88. The first-order chi connectivity index (χ1) is 8.28. The van der Waals surface area contributed by atoms with E-state index in [1.165, 1.54) is 29.1 Å². The van der Waals surface area contributed by atoms with Gasteiger partial charge in [0.15, 0.2) is 0 Å². The van der Waals surface area contributed by atoms with Crippen LogP contribution >= 0.6 is 11.3 Å². The third-order valence-corrected chi connectivity index (χ3v) is 4.32. The zero-order chi connectivity index (χ0) is 12.1. The van der Waals surface area contributed by atoms with Gasteiger partial charge in [0, 0.05) is 30.1 Å². The molecule has 1 aromatic heterocycles. The molecule has 0 bridgehead atoms. The van der Waals surface area contributed by atoms with Crippen molar-refractivity contribution in [1.29, 1.82) is 0 Å². The average molecular weight is 254 g/mol. The molecule has 0 radical (unpaired) electrons. The topological polar surface area (TPSA) is 34.2 Å². The Hall–Kier alpha value is -0.450. The van der Waals surface area contributed by atoms with Crippen molar-refractivity contribution in [2.24, 2.45) is 0 Å². The molecule has 1 N–H and O–H groups in total. The highest BCUT2D eigenvalue weighted by atomic mass is 32.1. The molecule has 1 saturated heterocycles. The fraction of sp³-hybridized carbons (Fsp3) is 0.769. The maximum absolute atomic E-state index is 5.75. The van der Waals surface area contributed by atoms with Crippen LogP contribution in [0.5, 0.6) is 0 Å². The Morgan fingerprint density at radius 3 is 3.18 bits per heavy atom.